The van der Waals surface area contributed by atoms with Gasteiger partial charge in [-0.25, -0.2) is 8.42 Å². The number of halogens is 2. The van der Waals surface area contributed by atoms with Crippen LogP contribution in [0.5, 0.6) is 0 Å². The molecule has 0 aliphatic heterocycles. The summed E-state index contributed by atoms with van der Waals surface area (Å²) < 4.78 is 26.9. The van der Waals surface area contributed by atoms with Crippen molar-refractivity contribution in [3.05, 3.63) is 99.5 Å². The van der Waals surface area contributed by atoms with E-state index in [2.05, 4.69) is 5.32 Å². The van der Waals surface area contributed by atoms with Gasteiger partial charge in [-0.3, -0.25) is 13.9 Å². The lowest BCUT2D eigenvalue weighted by Gasteiger charge is -2.34. The number of anilines is 1. The number of aryl methyl sites for hydroxylation is 1. The highest BCUT2D eigenvalue weighted by Crippen LogP contribution is 2.26. The van der Waals surface area contributed by atoms with Gasteiger partial charge < -0.3 is 10.2 Å². The molecule has 0 saturated heterocycles. The van der Waals surface area contributed by atoms with E-state index in [4.69, 9.17) is 23.2 Å². The first-order valence-corrected chi connectivity index (χ1v) is 15.7. The van der Waals surface area contributed by atoms with Crippen LogP contribution in [0.2, 0.25) is 10.0 Å². The van der Waals surface area contributed by atoms with E-state index in [-0.39, 0.29) is 18.9 Å². The van der Waals surface area contributed by atoms with Crippen LogP contribution in [0.4, 0.5) is 5.69 Å². The molecule has 7 nitrogen and oxygen atoms in total. The van der Waals surface area contributed by atoms with Crippen molar-refractivity contribution in [1.29, 1.82) is 0 Å². The van der Waals surface area contributed by atoms with Crippen molar-refractivity contribution in [2.24, 2.45) is 0 Å². The van der Waals surface area contributed by atoms with Gasteiger partial charge in [-0.15, -0.1) is 0 Å². The van der Waals surface area contributed by atoms with Crippen molar-refractivity contribution in [2.45, 2.75) is 45.7 Å². The van der Waals surface area contributed by atoms with Gasteiger partial charge in [0.25, 0.3) is 0 Å². The number of hydrogen-bond donors (Lipinski definition) is 1. The Kier molecular flexibility index (Phi) is 11.4. The average molecular weight is 605 g/mol. The van der Waals surface area contributed by atoms with Crippen molar-refractivity contribution in [2.75, 3.05) is 23.7 Å². The molecule has 0 heterocycles. The maximum absolute atomic E-state index is 14.1. The molecule has 3 rings (SSSR count). The normalized spacial score (nSPS) is 12.0. The summed E-state index contributed by atoms with van der Waals surface area (Å²) in [6.45, 7) is 3.77. The number of nitrogens with zero attached hydrogens (tertiary/aromatic N) is 2. The highest BCUT2D eigenvalue weighted by atomic mass is 35.5. The Morgan fingerprint density at radius 1 is 0.975 bits per heavy atom. The van der Waals surface area contributed by atoms with E-state index in [1.807, 2.05) is 37.3 Å². The van der Waals surface area contributed by atoms with Crippen LogP contribution in [0.25, 0.3) is 0 Å². The summed E-state index contributed by atoms with van der Waals surface area (Å²) >= 11 is 12.6. The number of para-hydroxylation sites is 1. The number of benzene rings is 3. The van der Waals surface area contributed by atoms with Crippen molar-refractivity contribution in [3.63, 3.8) is 0 Å². The molecule has 1 N–H and O–H groups in total. The van der Waals surface area contributed by atoms with E-state index in [0.717, 1.165) is 29.0 Å². The van der Waals surface area contributed by atoms with Crippen molar-refractivity contribution < 1.29 is 18.0 Å². The van der Waals surface area contributed by atoms with Crippen molar-refractivity contribution in [3.8, 4) is 0 Å². The Hall–Kier alpha value is -3.07. The maximum Gasteiger partial charge on any atom is 0.244 e. The Balaban J connectivity index is 2.07. The number of hydrogen-bond acceptors (Lipinski definition) is 4. The highest BCUT2D eigenvalue weighted by molar-refractivity contribution is 7.92. The summed E-state index contributed by atoms with van der Waals surface area (Å²) in [7, 11) is -3.84. The molecule has 0 aromatic heterocycles. The fraction of sp³-hybridized carbons (Fsp3) is 0.333. The molecule has 0 spiro atoms. The van der Waals surface area contributed by atoms with Gasteiger partial charge in [0.2, 0.25) is 21.8 Å². The Morgan fingerprint density at radius 3 is 2.27 bits per heavy atom. The first-order valence-electron chi connectivity index (χ1n) is 13.1. The van der Waals surface area contributed by atoms with Crippen LogP contribution in [0.1, 0.15) is 36.5 Å². The molecule has 10 heteroatoms. The van der Waals surface area contributed by atoms with E-state index < -0.39 is 28.5 Å². The molecular formula is C30H35Cl2N3O4S. The summed E-state index contributed by atoms with van der Waals surface area (Å²) in [6.07, 6.45) is 2.98. The molecule has 1 atom stereocenters. The predicted molar refractivity (Wildman–Crippen MR) is 162 cm³/mol. The third kappa shape index (κ3) is 8.71. The van der Waals surface area contributed by atoms with Gasteiger partial charge in [0, 0.05) is 29.6 Å². The van der Waals surface area contributed by atoms with Crippen LogP contribution in [0, 0.1) is 6.92 Å². The number of nitrogens with one attached hydrogen (secondary N) is 1. The molecule has 2 amide bonds. The van der Waals surface area contributed by atoms with Gasteiger partial charge >= 0.3 is 0 Å². The fourth-order valence-corrected chi connectivity index (χ4v) is 5.71. The van der Waals surface area contributed by atoms with Gasteiger partial charge in [-0.05, 0) is 48.2 Å². The summed E-state index contributed by atoms with van der Waals surface area (Å²) in [5.74, 6) is -0.858. The minimum atomic E-state index is -3.84. The van der Waals surface area contributed by atoms with E-state index in [9.17, 15) is 18.0 Å². The zero-order valence-electron chi connectivity index (χ0n) is 22.9. The molecule has 0 radical (unpaired) electrons. The third-order valence-corrected chi connectivity index (χ3v) is 8.23. The van der Waals surface area contributed by atoms with Gasteiger partial charge in [-0.2, -0.15) is 0 Å². The smallest absolute Gasteiger partial charge is 0.244 e. The van der Waals surface area contributed by atoms with E-state index >= 15 is 0 Å². The van der Waals surface area contributed by atoms with Crippen LogP contribution in [-0.2, 0) is 32.6 Å². The fourth-order valence-electron chi connectivity index (χ4n) is 4.33. The van der Waals surface area contributed by atoms with Crippen molar-refractivity contribution in [1.82, 2.24) is 10.2 Å². The third-order valence-electron chi connectivity index (χ3n) is 6.52. The molecule has 0 fully saturated rings. The Bertz CT molecular complexity index is 1420. The summed E-state index contributed by atoms with van der Waals surface area (Å²) in [4.78, 5) is 29.1. The molecule has 0 saturated carbocycles. The number of carbonyl (C=O) groups is 2. The molecule has 214 valence electrons. The second-order valence-corrected chi connectivity index (χ2v) is 12.4. The summed E-state index contributed by atoms with van der Waals surface area (Å²) in [5, 5.41) is 3.73. The second-order valence-electron chi connectivity index (χ2n) is 9.66. The SMILES string of the molecule is CCCCNC(=O)[C@@H](Cc1ccccc1)N(Cc1ccc(Cl)cc1Cl)C(=O)CN(c1ccccc1C)S(C)(=O)=O. The standard InChI is InChI=1S/C30H35Cl2N3O4S/c1-4-5-17-33-30(37)28(18-23-12-7-6-8-13-23)34(20-24-15-16-25(31)19-26(24)32)29(36)21-35(40(3,38)39)27-14-10-9-11-22(27)2/h6-16,19,28H,4-5,17-18,20-21H2,1-3H3,(H,33,37)/t28-/m1/s1. The van der Waals surface area contributed by atoms with Crippen LogP contribution in [0.15, 0.2) is 72.8 Å². The minimum absolute atomic E-state index is 0.0150. The monoisotopic (exact) mass is 603 g/mol. The molecule has 0 bridgehead atoms. The number of carbonyl (C=O) groups excluding carboxylic acids is 2. The Labute approximate surface area is 247 Å². The van der Waals surface area contributed by atoms with Gasteiger partial charge in [-0.1, -0.05) is 91.1 Å². The minimum Gasteiger partial charge on any atom is -0.354 e. The molecule has 3 aromatic rings. The molecule has 3 aromatic carbocycles. The molecule has 40 heavy (non-hydrogen) atoms. The topological polar surface area (TPSA) is 86.8 Å². The molecule has 0 aliphatic rings. The molecular weight excluding hydrogens is 569 g/mol. The number of sulfonamides is 1. The first-order chi connectivity index (χ1) is 19.0. The lowest BCUT2D eigenvalue weighted by molar-refractivity contribution is -0.140. The predicted octanol–water partition coefficient (Wildman–Crippen LogP) is 5.62. The van der Waals surface area contributed by atoms with Crippen LogP contribution in [0.3, 0.4) is 0 Å². The zero-order valence-corrected chi connectivity index (χ0v) is 25.3. The quantitative estimate of drug-likeness (QED) is 0.257. The lowest BCUT2D eigenvalue weighted by atomic mass is 10.0. The van der Waals surface area contributed by atoms with E-state index in [1.54, 1.807) is 49.4 Å². The maximum atomic E-state index is 14.1. The number of unbranched alkanes of at least 4 members (excludes halogenated alkanes) is 1. The molecule has 0 aliphatic carbocycles. The van der Waals surface area contributed by atoms with Gasteiger partial charge in [0.15, 0.2) is 0 Å². The lowest BCUT2D eigenvalue weighted by Crippen LogP contribution is -2.53. The summed E-state index contributed by atoms with van der Waals surface area (Å²) in [6, 6.07) is 20.4. The van der Waals surface area contributed by atoms with Gasteiger partial charge in [0.1, 0.15) is 12.6 Å². The van der Waals surface area contributed by atoms with Crippen LogP contribution in [-0.4, -0.2) is 50.5 Å². The zero-order chi connectivity index (χ0) is 29.3. The molecule has 0 unspecified atom stereocenters. The van der Waals surface area contributed by atoms with Crippen LogP contribution < -0.4 is 9.62 Å². The van der Waals surface area contributed by atoms with Gasteiger partial charge in [0.05, 0.1) is 11.9 Å². The number of amides is 2. The van der Waals surface area contributed by atoms with Crippen LogP contribution >= 0.6 is 23.2 Å². The largest absolute Gasteiger partial charge is 0.354 e. The summed E-state index contributed by atoms with van der Waals surface area (Å²) in [5.41, 5.74) is 2.54. The van der Waals surface area contributed by atoms with Crippen molar-refractivity contribution >= 4 is 50.7 Å². The Morgan fingerprint density at radius 2 is 1.65 bits per heavy atom. The van der Waals surface area contributed by atoms with E-state index in [1.165, 1.54) is 4.90 Å². The second kappa shape index (κ2) is 14.5. The highest BCUT2D eigenvalue weighted by Gasteiger charge is 2.33. The first kappa shape index (κ1) is 31.5. The average Bonchev–Trinajstić information content (AvgIpc) is 2.91. The van der Waals surface area contributed by atoms with E-state index in [0.29, 0.717) is 33.4 Å². The number of rotatable bonds is 13.